The van der Waals surface area contributed by atoms with Crippen molar-refractivity contribution < 1.29 is 0 Å². The fourth-order valence-corrected chi connectivity index (χ4v) is 2.82. The molecule has 1 aromatic heterocycles. The number of hydrogen-bond acceptors (Lipinski definition) is 3. The van der Waals surface area contributed by atoms with Gasteiger partial charge in [-0.15, -0.1) is 5.73 Å². The van der Waals surface area contributed by atoms with Crippen LogP contribution in [-0.4, -0.2) is 9.97 Å². The van der Waals surface area contributed by atoms with E-state index < -0.39 is 0 Å². The van der Waals surface area contributed by atoms with Gasteiger partial charge in [-0.05, 0) is 30.2 Å². The Hall–Kier alpha value is -2.09. The Balaban J connectivity index is 2.18. The maximum atomic E-state index is 4.31. The summed E-state index contributed by atoms with van der Waals surface area (Å²) < 4.78 is 0. The zero-order valence-corrected chi connectivity index (χ0v) is 11.2. The van der Waals surface area contributed by atoms with Crippen LogP contribution in [0, 0.1) is 0 Å². The van der Waals surface area contributed by atoms with E-state index in [4.69, 9.17) is 0 Å². The third-order valence-electron chi connectivity index (χ3n) is 2.87. The van der Waals surface area contributed by atoms with Gasteiger partial charge < -0.3 is 0 Å². The third-order valence-corrected chi connectivity index (χ3v) is 3.85. The molecular weight excluding hydrogens is 252 g/mol. The fraction of sp³-hybridized carbons (Fsp3) is 0.0625. The molecule has 0 saturated heterocycles. The first-order chi connectivity index (χ1) is 9.33. The van der Waals surface area contributed by atoms with Crippen molar-refractivity contribution in [2.24, 2.45) is 0 Å². The van der Waals surface area contributed by atoms with Crippen molar-refractivity contribution in [3.8, 4) is 0 Å². The highest BCUT2D eigenvalue weighted by Crippen LogP contribution is 2.31. The molecule has 3 heteroatoms. The summed E-state index contributed by atoms with van der Waals surface area (Å²) in [5, 5.41) is 1.97. The quantitative estimate of drug-likeness (QED) is 0.672. The van der Waals surface area contributed by atoms with Crippen LogP contribution >= 0.6 is 11.8 Å². The van der Waals surface area contributed by atoms with E-state index in [0.29, 0.717) is 0 Å². The largest absolute Gasteiger partial charge is 0.244 e. The summed E-state index contributed by atoms with van der Waals surface area (Å²) in [5.74, 6) is 0. The number of thioether (sulfide) groups is 1. The molecule has 0 fully saturated rings. The van der Waals surface area contributed by atoms with E-state index in [1.54, 1.807) is 18.1 Å². The molecule has 2 aliphatic rings. The van der Waals surface area contributed by atoms with Crippen LogP contribution in [0.2, 0.25) is 0 Å². The van der Waals surface area contributed by atoms with Crippen molar-refractivity contribution >= 4 is 23.9 Å². The van der Waals surface area contributed by atoms with E-state index in [9.17, 15) is 0 Å². The highest BCUT2D eigenvalue weighted by atomic mass is 32.2. The zero-order valence-electron chi connectivity index (χ0n) is 10.3. The van der Waals surface area contributed by atoms with Gasteiger partial charge in [-0.1, -0.05) is 36.6 Å². The minimum absolute atomic E-state index is 0.854. The predicted octanol–water partition coefficient (Wildman–Crippen LogP) is 2.22. The second-order valence-electron chi connectivity index (χ2n) is 4.21. The Bertz CT molecular complexity index is 775. The summed E-state index contributed by atoms with van der Waals surface area (Å²) in [6, 6.07) is 0. The molecule has 0 aromatic carbocycles. The van der Waals surface area contributed by atoms with Gasteiger partial charge in [0, 0.05) is 21.2 Å². The first kappa shape index (κ1) is 12.0. The SMILES string of the molecule is C=C1/C=c2/ncnc/c2=C/CC2=C(C=C=CC=C2)S1. The maximum absolute atomic E-state index is 4.31. The first-order valence-corrected chi connectivity index (χ1v) is 6.81. The molecular formula is C16H12N2S. The van der Waals surface area contributed by atoms with Gasteiger partial charge in [-0.2, -0.15) is 0 Å². The lowest BCUT2D eigenvalue weighted by atomic mass is 10.1. The minimum atomic E-state index is 0.854. The molecule has 1 aromatic rings. The van der Waals surface area contributed by atoms with Crippen molar-refractivity contribution in [1.82, 2.24) is 9.97 Å². The smallest absolute Gasteiger partial charge is 0.116 e. The van der Waals surface area contributed by atoms with Crippen LogP contribution in [0.1, 0.15) is 6.42 Å². The summed E-state index contributed by atoms with van der Waals surface area (Å²) in [7, 11) is 0. The van der Waals surface area contributed by atoms with Gasteiger partial charge in [0.15, 0.2) is 0 Å². The minimum Gasteiger partial charge on any atom is -0.244 e. The van der Waals surface area contributed by atoms with Crippen LogP contribution in [0.5, 0.6) is 0 Å². The van der Waals surface area contributed by atoms with Crippen LogP contribution in [0.4, 0.5) is 0 Å². The highest BCUT2D eigenvalue weighted by Gasteiger charge is 2.06. The van der Waals surface area contributed by atoms with Gasteiger partial charge in [0.25, 0.3) is 0 Å². The molecule has 0 radical (unpaired) electrons. The van der Waals surface area contributed by atoms with Crippen molar-refractivity contribution in [3.63, 3.8) is 0 Å². The zero-order chi connectivity index (χ0) is 13.1. The first-order valence-electron chi connectivity index (χ1n) is 6.00. The van der Waals surface area contributed by atoms with Crippen molar-refractivity contribution in [3.05, 3.63) is 75.1 Å². The van der Waals surface area contributed by atoms with Crippen LogP contribution in [-0.2, 0) is 0 Å². The van der Waals surface area contributed by atoms with Gasteiger partial charge in [-0.3, -0.25) is 0 Å². The number of nitrogens with zero attached hydrogens (tertiary/aromatic N) is 2. The summed E-state index contributed by atoms with van der Waals surface area (Å²) in [6.07, 6.45) is 16.5. The van der Waals surface area contributed by atoms with E-state index in [0.717, 1.165) is 21.9 Å². The summed E-state index contributed by atoms with van der Waals surface area (Å²) in [5.41, 5.74) is 4.41. The average molecular weight is 264 g/mol. The maximum Gasteiger partial charge on any atom is 0.116 e. The molecule has 92 valence electrons. The average Bonchev–Trinajstić information content (AvgIpc) is 2.59. The van der Waals surface area contributed by atoms with Crippen LogP contribution in [0.3, 0.4) is 0 Å². The second kappa shape index (κ2) is 5.27. The Morgan fingerprint density at radius 3 is 3.26 bits per heavy atom. The van der Waals surface area contributed by atoms with E-state index in [-0.39, 0.29) is 0 Å². The molecule has 0 spiro atoms. The number of hydrogen-bond donors (Lipinski definition) is 0. The Morgan fingerprint density at radius 2 is 2.32 bits per heavy atom. The lowest BCUT2D eigenvalue weighted by Crippen LogP contribution is -2.28. The van der Waals surface area contributed by atoms with E-state index >= 15 is 0 Å². The molecule has 0 bridgehead atoms. The number of fused-ring (bicyclic) bond motifs is 1. The Morgan fingerprint density at radius 1 is 1.37 bits per heavy atom. The van der Waals surface area contributed by atoms with Gasteiger partial charge >= 0.3 is 0 Å². The topological polar surface area (TPSA) is 25.8 Å². The summed E-state index contributed by atoms with van der Waals surface area (Å²) >= 11 is 1.65. The summed E-state index contributed by atoms with van der Waals surface area (Å²) in [4.78, 5) is 10.5. The van der Waals surface area contributed by atoms with Gasteiger partial charge in [-0.25, -0.2) is 9.97 Å². The molecule has 1 aliphatic heterocycles. The van der Waals surface area contributed by atoms with E-state index in [1.807, 2.05) is 30.5 Å². The molecule has 0 atom stereocenters. The summed E-state index contributed by atoms with van der Waals surface area (Å²) in [6.45, 7) is 4.09. The molecule has 0 amide bonds. The number of aromatic nitrogens is 2. The Kier molecular flexibility index (Phi) is 3.32. The van der Waals surface area contributed by atoms with Crippen LogP contribution in [0.15, 0.2) is 64.5 Å². The molecule has 19 heavy (non-hydrogen) atoms. The standard InChI is InChI=1S/C16H12N2S/c1-12-9-15-14(10-17-11-18-15)8-7-13-5-3-2-4-6-16(13)19-12/h2-3,5-6,8-11H,1,7H2/b14-8-,15-9+. The number of allylic oxidation sites excluding steroid dienone is 5. The lowest BCUT2D eigenvalue weighted by molar-refractivity contribution is 1.09. The number of rotatable bonds is 0. The molecule has 3 rings (SSSR count). The van der Waals surface area contributed by atoms with Crippen molar-refractivity contribution in [2.45, 2.75) is 6.42 Å². The highest BCUT2D eigenvalue weighted by molar-refractivity contribution is 8.07. The van der Waals surface area contributed by atoms with E-state index in [2.05, 4.69) is 34.4 Å². The molecule has 0 unspecified atom stereocenters. The molecule has 1 aliphatic carbocycles. The molecule has 0 saturated carbocycles. The Labute approximate surface area is 116 Å². The van der Waals surface area contributed by atoms with Gasteiger partial charge in [0.1, 0.15) is 6.33 Å². The van der Waals surface area contributed by atoms with Crippen LogP contribution < -0.4 is 10.6 Å². The third kappa shape index (κ3) is 2.68. The molecule has 2 nitrogen and oxygen atoms in total. The van der Waals surface area contributed by atoms with Gasteiger partial charge in [0.05, 0.1) is 5.35 Å². The molecule has 2 heterocycles. The van der Waals surface area contributed by atoms with Gasteiger partial charge in [0.2, 0.25) is 0 Å². The van der Waals surface area contributed by atoms with E-state index in [1.165, 1.54) is 10.5 Å². The monoisotopic (exact) mass is 264 g/mol. The normalized spacial score (nSPS) is 20.9. The van der Waals surface area contributed by atoms with Crippen molar-refractivity contribution in [1.29, 1.82) is 0 Å². The predicted molar refractivity (Wildman–Crippen MR) is 80.4 cm³/mol. The van der Waals surface area contributed by atoms with Crippen LogP contribution in [0.25, 0.3) is 12.2 Å². The fourth-order valence-electron chi connectivity index (χ4n) is 1.95. The molecule has 0 N–H and O–H groups in total. The second-order valence-corrected chi connectivity index (χ2v) is 5.38. The lowest BCUT2D eigenvalue weighted by Gasteiger charge is -2.05. The van der Waals surface area contributed by atoms with Crippen molar-refractivity contribution in [2.75, 3.05) is 0 Å².